The number of hydrogen-bond donors (Lipinski definition) is 1. The molecule has 1 aliphatic carbocycles. The van der Waals surface area contributed by atoms with Crippen molar-refractivity contribution in [2.45, 2.75) is 38.3 Å². The standard InChI is InChI=1S/C18H21N3O2/c1-12-11-23-16(13-6-3-2-4-7-13)10-21(12)18(22)17-14-8-5-9-15(14)19-20-17/h2-4,6-7,12,16H,5,8-11H2,1H3,(H,19,20)/t12-,16+/m0/s1. The van der Waals surface area contributed by atoms with E-state index in [1.165, 1.54) is 0 Å². The fourth-order valence-electron chi connectivity index (χ4n) is 3.54. The molecule has 5 heteroatoms. The van der Waals surface area contributed by atoms with Crippen molar-refractivity contribution in [1.29, 1.82) is 0 Å². The van der Waals surface area contributed by atoms with Gasteiger partial charge < -0.3 is 9.64 Å². The molecule has 1 fully saturated rings. The average Bonchev–Trinajstić information content (AvgIpc) is 3.19. The van der Waals surface area contributed by atoms with Crippen LogP contribution in [0.3, 0.4) is 0 Å². The third-order valence-electron chi connectivity index (χ3n) is 4.87. The molecule has 1 aromatic carbocycles. The van der Waals surface area contributed by atoms with Gasteiger partial charge in [0.1, 0.15) is 6.10 Å². The quantitative estimate of drug-likeness (QED) is 0.927. The Bertz CT molecular complexity index is 710. The van der Waals surface area contributed by atoms with Gasteiger partial charge in [-0.25, -0.2) is 0 Å². The Morgan fingerprint density at radius 3 is 2.96 bits per heavy atom. The number of aromatic nitrogens is 2. The van der Waals surface area contributed by atoms with E-state index in [1.54, 1.807) is 0 Å². The summed E-state index contributed by atoms with van der Waals surface area (Å²) in [5.41, 5.74) is 3.97. The van der Waals surface area contributed by atoms with Gasteiger partial charge in [-0.15, -0.1) is 0 Å². The predicted molar refractivity (Wildman–Crippen MR) is 86.2 cm³/mol. The van der Waals surface area contributed by atoms with Crippen LogP contribution in [-0.4, -0.2) is 40.2 Å². The third-order valence-corrected chi connectivity index (χ3v) is 4.87. The largest absolute Gasteiger partial charge is 0.370 e. The molecule has 2 aliphatic rings. The Labute approximate surface area is 135 Å². The summed E-state index contributed by atoms with van der Waals surface area (Å²) in [7, 11) is 0. The zero-order valence-electron chi connectivity index (χ0n) is 13.3. The molecule has 0 bridgehead atoms. The Morgan fingerprint density at radius 1 is 1.30 bits per heavy atom. The van der Waals surface area contributed by atoms with Crippen molar-refractivity contribution in [2.24, 2.45) is 0 Å². The molecule has 0 radical (unpaired) electrons. The van der Waals surface area contributed by atoms with Gasteiger partial charge in [0.25, 0.3) is 5.91 Å². The summed E-state index contributed by atoms with van der Waals surface area (Å²) in [5.74, 6) is 0.0288. The molecule has 4 rings (SSSR count). The average molecular weight is 311 g/mol. The van der Waals surface area contributed by atoms with Crippen LogP contribution in [0.4, 0.5) is 0 Å². The minimum absolute atomic E-state index is 0.0288. The molecule has 0 saturated carbocycles. The maximum absolute atomic E-state index is 13.0. The molecular formula is C18H21N3O2. The van der Waals surface area contributed by atoms with Crippen LogP contribution in [-0.2, 0) is 17.6 Å². The second-order valence-electron chi connectivity index (χ2n) is 6.42. The van der Waals surface area contributed by atoms with E-state index in [9.17, 15) is 4.79 Å². The number of H-pyrrole nitrogens is 1. The van der Waals surface area contributed by atoms with Crippen molar-refractivity contribution in [2.75, 3.05) is 13.2 Å². The highest BCUT2D eigenvalue weighted by molar-refractivity contribution is 5.94. The minimum atomic E-state index is -0.0664. The van der Waals surface area contributed by atoms with Gasteiger partial charge in [-0.05, 0) is 31.7 Å². The summed E-state index contributed by atoms with van der Waals surface area (Å²) in [6, 6.07) is 10.2. The van der Waals surface area contributed by atoms with Crippen LogP contribution < -0.4 is 0 Å². The van der Waals surface area contributed by atoms with Crippen LogP contribution >= 0.6 is 0 Å². The third kappa shape index (κ3) is 2.55. The van der Waals surface area contributed by atoms with Crippen LogP contribution in [0.5, 0.6) is 0 Å². The monoisotopic (exact) mass is 311 g/mol. The molecule has 1 saturated heterocycles. The zero-order chi connectivity index (χ0) is 15.8. The molecule has 2 aromatic rings. The normalized spacial score (nSPS) is 23.8. The lowest BCUT2D eigenvalue weighted by Crippen LogP contribution is -2.48. The Kier molecular flexibility index (Phi) is 3.65. The van der Waals surface area contributed by atoms with Gasteiger partial charge in [0.2, 0.25) is 0 Å². The van der Waals surface area contributed by atoms with Crippen LogP contribution in [0.25, 0.3) is 0 Å². The lowest BCUT2D eigenvalue weighted by atomic mass is 10.0. The van der Waals surface area contributed by atoms with Gasteiger partial charge in [0.15, 0.2) is 5.69 Å². The number of hydrogen-bond acceptors (Lipinski definition) is 3. The molecule has 0 spiro atoms. The van der Waals surface area contributed by atoms with E-state index >= 15 is 0 Å². The molecule has 23 heavy (non-hydrogen) atoms. The number of amides is 1. The summed E-state index contributed by atoms with van der Waals surface area (Å²) in [5, 5.41) is 7.32. The molecule has 1 N–H and O–H groups in total. The smallest absolute Gasteiger partial charge is 0.275 e. The second kappa shape index (κ2) is 5.81. The number of morpholine rings is 1. The van der Waals surface area contributed by atoms with Crippen molar-refractivity contribution in [3.05, 3.63) is 52.8 Å². The molecule has 0 unspecified atom stereocenters. The molecule has 1 aromatic heterocycles. The lowest BCUT2D eigenvalue weighted by molar-refractivity contribution is -0.0488. The Morgan fingerprint density at radius 2 is 2.13 bits per heavy atom. The van der Waals surface area contributed by atoms with E-state index in [2.05, 4.69) is 22.3 Å². The highest BCUT2D eigenvalue weighted by atomic mass is 16.5. The molecule has 2 heterocycles. The van der Waals surface area contributed by atoms with E-state index in [0.29, 0.717) is 18.8 Å². The summed E-state index contributed by atoms with van der Waals surface area (Å²) in [4.78, 5) is 14.9. The van der Waals surface area contributed by atoms with E-state index in [-0.39, 0.29) is 18.1 Å². The summed E-state index contributed by atoms with van der Waals surface area (Å²) < 4.78 is 5.94. The van der Waals surface area contributed by atoms with Gasteiger partial charge >= 0.3 is 0 Å². The maximum atomic E-state index is 13.0. The van der Waals surface area contributed by atoms with Crippen molar-refractivity contribution in [3.8, 4) is 0 Å². The first-order chi connectivity index (χ1) is 11.2. The summed E-state index contributed by atoms with van der Waals surface area (Å²) in [6.07, 6.45) is 2.99. The Balaban J connectivity index is 1.58. The number of carbonyl (C=O) groups excluding carboxylic acids is 1. The molecule has 120 valence electrons. The van der Waals surface area contributed by atoms with Crippen LogP contribution in [0.2, 0.25) is 0 Å². The first-order valence-corrected chi connectivity index (χ1v) is 8.27. The van der Waals surface area contributed by atoms with Crippen LogP contribution in [0.15, 0.2) is 30.3 Å². The number of benzene rings is 1. The van der Waals surface area contributed by atoms with E-state index in [0.717, 1.165) is 36.1 Å². The van der Waals surface area contributed by atoms with Crippen LogP contribution in [0.1, 0.15) is 46.8 Å². The minimum Gasteiger partial charge on any atom is -0.370 e. The molecule has 5 nitrogen and oxygen atoms in total. The number of rotatable bonds is 2. The molecule has 2 atom stereocenters. The van der Waals surface area contributed by atoms with Gasteiger partial charge in [-0.3, -0.25) is 9.89 Å². The number of ether oxygens (including phenoxy) is 1. The first-order valence-electron chi connectivity index (χ1n) is 8.27. The van der Waals surface area contributed by atoms with Gasteiger partial charge in [0.05, 0.1) is 19.2 Å². The van der Waals surface area contributed by atoms with E-state index < -0.39 is 0 Å². The van der Waals surface area contributed by atoms with Crippen molar-refractivity contribution in [1.82, 2.24) is 15.1 Å². The number of aryl methyl sites for hydroxylation is 1. The van der Waals surface area contributed by atoms with E-state index in [4.69, 9.17) is 4.74 Å². The zero-order valence-corrected chi connectivity index (χ0v) is 13.3. The van der Waals surface area contributed by atoms with Crippen molar-refractivity contribution < 1.29 is 9.53 Å². The molecular weight excluding hydrogens is 290 g/mol. The number of fused-ring (bicyclic) bond motifs is 1. The van der Waals surface area contributed by atoms with Gasteiger partial charge in [-0.1, -0.05) is 30.3 Å². The highest BCUT2D eigenvalue weighted by Gasteiger charge is 2.34. The summed E-state index contributed by atoms with van der Waals surface area (Å²) >= 11 is 0. The van der Waals surface area contributed by atoms with E-state index in [1.807, 2.05) is 30.0 Å². The second-order valence-corrected chi connectivity index (χ2v) is 6.42. The highest BCUT2D eigenvalue weighted by Crippen LogP contribution is 2.28. The first kappa shape index (κ1) is 14.5. The van der Waals surface area contributed by atoms with Gasteiger partial charge in [-0.2, -0.15) is 5.10 Å². The number of carbonyl (C=O) groups is 1. The fraction of sp³-hybridized carbons (Fsp3) is 0.444. The predicted octanol–water partition coefficient (Wildman–Crippen LogP) is 2.50. The van der Waals surface area contributed by atoms with Crippen molar-refractivity contribution >= 4 is 5.91 Å². The van der Waals surface area contributed by atoms with Gasteiger partial charge in [0, 0.05) is 11.3 Å². The topological polar surface area (TPSA) is 58.2 Å². The fourth-order valence-corrected chi connectivity index (χ4v) is 3.54. The maximum Gasteiger partial charge on any atom is 0.275 e. The molecule has 1 aliphatic heterocycles. The lowest BCUT2D eigenvalue weighted by Gasteiger charge is -2.38. The number of nitrogens with zero attached hydrogens (tertiary/aromatic N) is 2. The summed E-state index contributed by atoms with van der Waals surface area (Å²) in [6.45, 7) is 3.16. The Hall–Kier alpha value is -2.14. The number of nitrogens with one attached hydrogen (secondary N) is 1. The van der Waals surface area contributed by atoms with Crippen LogP contribution in [0, 0.1) is 0 Å². The van der Waals surface area contributed by atoms with Crippen molar-refractivity contribution in [3.63, 3.8) is 0 Å². The SMILES string of the molecule is C[C@H]1CO[C@@H](c2ccccc2)CN1C(=O)c1n[nH]c2c1CCC2. The number of aromatic amines is 1. The molecule has 1 amide bonds.